The average Bonchev–Trinajstić information content (AvgIpc) is 2.46. The molecule has 0 heterocycles. The predicted molar refractivity (Wildman–Crippen MR) is 78.1 cm³/mol. The molecule has 0 aromatic heterocycles. The van der Waals surface area contributed by atoms with Gasteiger partial charge < -0.3 is 15.7 Å². The molecule has 2 unspecified atom stereocenters. The Bertz CT molecular complexity index is 500. The number of hydrogen-bond acceptors (Lipinski definition) is 3. The fourth-order valence-corrected chi connectivity index (χ4v) is 1.67. The molecule has 5 nitrogen and oxygen atoms in total. The van der Waals surface area contributed by atoms with Crippen molar-refractivity contribution in [2.45, 2.75) is 32.8 Å². The first-order valence-electron chi connectivity index (χ1n) is 6.83. The first-order valence-corrected chi connectivity index (χ1v) is 6.83. The summed E-state index contributed by atoms with van der Waals surface area (Å²) in [6.45, 7) is 5.39. The van der Waals surface area contributed by atoms with Crippen LogP contribution in [0, 0.1) is 11.7 Å². The molecular weight excluding hydrogens is 275 g/mol. The Kier molecular flexibility index (Phi) is 5.84. The van der Waals surface area contributed by atoms with Crippen LogP contribution in [0.4, 0.5) is 10.1 Å². The van der Waals surface area contributed by atoms with Crippen molar-refractivity contribution in [2.24, 2.45) is 5.92 Å². The lowest BCUT2D eigenvalue weighted by Gasteiger charge is -2.29. The summed E-state index contributed by atoms with van der Waals surface area (Å²) in [5, 5.41) is 14.9. The van der Waals surface area contributed by atoms with Crippen molar-refractivity contribution in [3.63, 3.8) is 0 Å². The third-order valence-electron chi connectivity index (χ3n) is 3.59. The van der Waals surface area contributed by atoms with Gasteiger partial charge in [-0.15, -0.1) is 0 Å². The van der Waals surface area contributed by atoms with E-state index in [2.05, 4.69) is 10.6 Å². The Labute approximate surface area is 123 Å². The zero-order chi connectivity index (χ0) is 16.0. The van der Waals surface area contributed by atoms with Gasteiger partial charge in [0.1, 0.15) is 5.82 Å². The van der Waals surface area contributed by atoms with Gasteiger partial charge in [0.2, 0.25) is 0 Å². The fourth-order valence-electron chi connectivity index (χ4n) is 1.67. The molecule has 21 heavy (non-hydrogen) atoms. The van der Waals surface area contributed by atoms with E-state index in [-0.39, 0.29) is 12.5 Å². The van der Waals surface area contributed by atoms with Crippen molar-refractivity contribution in [1.82, 2.24) is 5.32 Å². The van der Waals surface area contributed by atoms with Gasteiger partial charge in [-0.2, -0.15) is 0 Å². The first-order chi connectivity index (χ1) is 9.76. The summed E-state index contributed by atoms with van der Waals surface area (Å²) < 4.78 is 12.7. The van der Waals surface area contributed by atoms with E-state index in [0.717, 1.165) is 6.42 Å². The maximum atomic E-state index is 12.7. The number of carbonyl (C=O) groups is 2. The molecule has 1 aromatic carbocycles. The summed E-state index contributed by atoms with van der Waals surface area (Å²) in [5.74, 6) is -2.15. The number of hydrogen-bond donors (Lipinski definition) is 3. The molecule has 0 aliphatic rings. The molecular formula is C15H21FN2O3. The van der Waals surface area contributed by atoms with Crippen LogP contribution in [0.3, 0.4) is 0 Å². The smallest absolute Gasteiger partial charge is 0.313 e. The standard InChI is InChI=1S/C15H21FN2O3/c1-4-10(2)15(3,21)9-17-13(19)14(20)18-12-7-5-11(16)6-8-12/h5-8,10,21H,4,9H2,1-3H3,(H,17,19)(H,18,20). The SMILES string of the molecule is CCC(C)C(C)(O)CNC(=O)C(=O)Nc1ccc(F)cc1. The normalized spacial score (nSPS) is 14.9. The van der Waals surface area contributed by atoms with E-state index in [1.54, 1.807) is 6.92 Å². The molecule has 0 aliphatic heterocycles. The van der Waals surface area contributed by atoms with Crippen molar-refractivity contribution in [1.29, 1.82) is 0 Å². The molecule has 6 heteroatoms. The second kappa shape index (κ2) is 7.17. The topological polar surface area (TPSA) is 78.4 Å². The van der Waals surface area contributed by atoms with Crippen LogP contribution in [0.25, 0.3) is 0 Å². The van der Waals surface area contributed by atoms with Gasteiger partial charge in [0.15, 0.2) is 0 Å². The molecule has 0 bridgehead atoms. The Morgan fingerprint density at radius 3 is 2.38 bits per heavy atom. The Morgan fingerprint density at radius 2 is 1.86 bits per heavy atom. The van der Waals surface area contributed by atoms with Crippen LogP contribution in [0.15, 0.2) is 24.3 Å². The Morgan fingerprint density at radius 1 is 1.29 bits per heavy atom. The van der Waals surface area contributed by atoms with Gasteiger partial charge >= 0.3 is 11.8 Å². The number of benzene rings is 1. The van der Waals surface area contributed by atoms with E-state index in [9.17, 15) is 19.1 Å². The lowest BCUT2D eigenvalue weighted by molar-refractivity contribution is -0.137. The average molecular weight is 296 g/mol. The van der Waals surface area contributed by atoms with E-state index >= 15 is 0 Å². The van der Waals surface area contributed by atoms with Crippen LogP contribution in [0.5, 0.6) is 0 Å². The van der Waals surface area contributed by atoms with E-state index in [4.69, 9.17) is 0 Å². The van der Waals surface area contributed by atoms with Crippen LogP contribution >= 0.6 is 0 Å². The minimum Gasteiger partial charge on any atom is -0.388 e. The zero-order valence-corrected chi connectivity index (χ0v) is 12.4. The van der Waals surface area contributed by atoms with Crippen LogP contribution < -0.4 is 10.6 Å². The zero-order valence-electron chi connectivity index (χ0n) is 12.4. The third-order valence-corrected chi connectivity index (χ3v) is 3.59. The van der Waals surface area contributed by atoms with E-state index in [0.29, 0.717) is 5.69 Å². The molecule has 1 rings (SSSR count). The summed E-state index contributed by atoms with van der Waals surface area (Å²) in [5.41, 5.74) is -0.758. The van der Waals surface area contributed by atoms with Gasteiger partial charge in [-0.25, -0.2) is 4.39 Å². The summed E-state index contributed by atoms with van der Waals surface area (Å²) in [6, 6.07) is 5.08. The molecule has 0 saturated carbocycles. The lowest BCUT2D eigenvalue weighted by Crippen LogP contribution is -2.47. The molecule has 2 atom stereocenters. The van der Waals surface area contributed by atoms with Crippen LogP contribution in [0.2, 0.25) is 0 Å². The molecule has 0 radical (unpaired) electrons. The Balaban J connectivity index is 2.52. The van der Waals surface area contributed by atoms with Crippen molar-refractivity contribution in [3.8, 4) is 0 Å². The van der Waals surface area contributed by atoms with Crippen molar-refractivity contribution < 1.29 is 19.1 Å². The number of halogens is 1. The summed E-state index contributed by atoms with van der Waals surface area (Å²) >= 11 is 0. The van der Waals surface area contributed by atoms with Crippen LogP contribution in [-0.2, 0) is 9.59 Å². The van der Waals surface area contributed by atoms with Gasteiger partial charge in [0, 0.05) is 12.2 Å². The molecule has 1 aromatic rings. The van der Waals surface area contributed by atoms with Crippen molar-refractivity contribution >= 4 is 17.5 Å². The van der Waals surface area contributed by atoms with Crippen molar-refractivity contribution in [3.05, 3.63) is 30.1 Å². The van der Waals surface area contributed by atoms with Crippen molar-refractivity contribution in [2.75, 3.05) is 11.9 Å². The monoisotopic (exact) mass is 296 g/mol. The van der Waals surface area contributed by atoms with Gasteiger partial charge in [-0.3, -0.25) is 9.59 Å². The molecule has 2 amide bonds. The first kappa shape index (κ1) is 17.1. The number of carbonyl (C=O) groups excluding carboxylic acids is 2. The maximum absolute atomic E-state index is 12.7. The lowest BCUT2D eigenvalue weighted by atomic mass is 9.89. The highest BCUT2D eigenvalue weighted by Gasteiger charge is 2.28. The highest BCUT2D eigenvalue weighted by Crippen LogP contribution is 2.18. The second-order valence-electron chi connectivity index (χ2n) is 5.31. The molecule has 0 spiro atoms. The molecule has 0 aliphatic carbocycles. The van der Waals surface area contributed by atoms with Gasteiger partial charge in [0.05, 0.1) is 5.60 Å². The molecule has 0 saturated heterocycles. The largest absolute Gasteiger partial charge is 0.388 e. The van der Waals surface area contributed by atoms with Gasteiger partial charge in [-0.05, 0) is 37.1 Å². The van der Waals surface area contributed by atoms with E-state index < -0.39 is 23.2 Å². The number of nitrogens with one attached hydrogen (secondary N) is 2. The van der Waals surface area contributed by atoms with E-state index in [1.807, 2.05) is 13.8 Å². The third kappa shape index (κ3) is 5.15. The van der Waals surface area contributed by atoms with Crippen LogP contribution in [-0.4, -0.2) is 29.1 Å². The molecule has 3 N–H and O–H groups in total. The minimum atomic E-state index is -1.08. The predicted octanol–water partition coefficient (Wildman–Crippen LogP) is 1.68. The second-order valence-corrected chi connectivity index (χ2v) is 5.31. The number of aliphatic hydroxyl groups is 1. The van der Waals surface area contributed by atoms with E-state index in [1.165, 1.54) is 24.3 Å². The summed E-state index contributed by atoms with van der Waals surface area (Å²) in [7, 11) is 0. The fraction of sp³-hybridized carbons (Fsp3) is 0.467. The minimum absolute atomic E-state index is 0.0158. The quantitative estimate of drug-likeness (QED) is 0.723. The highest BCUT2D eigenvalue weighted by atomic mass is 19.1. The maximum Gasteiger partial charge on any atom is 0.313 e. The number of amides is 2. The molecule has 116 valence electrons. The number of anilines is 1. The highest BCUT2D eigenvalue weighted by molar-refractivity contribution is 6.39. The van der Waals surface area contributed by atoms with Crippen LogP contribution in [0.1, 0.15) is 27.2 Å². The van der Waals surface area contributed by atoms with Gasteiger partial charge in [0.25, 0.3) is 0 Å². The van der Waals surface area contributed by atoms with Gasteiger partial charge in [-0.1, -0.05) is 20.3 Å². The summed E-state index contributed by atoms with van der Waals surface area (Å²) in [6.07, 6.45) is 0.755. The summed E-state index contributed by atoms with van der Waals surface area (Å²) in [4.78, 5) is 23.3. The molecule has 0 fully saturated rings. The Hall–Kier alpha value is -1.95. The number of rotatable bonds is 5.